The van der Waals surface area contributed by atoms with Crippen LogP contribution in [0.5, 0.6) is 11.5 Å². The Kier molecular flexibility index (Phi) is 5.97. The molecule has 0 fully saturated rings. The number of carbonyl (C=O) groups is 1. The summed E-state index contributed by atoms with van der Waals surface area (Å²) in [5, 5.41) is 2.74. The van der Waals surface area contributed by atoms with Gasteiger partial charge in [0.25, 0.3) is 5.91 Å². The van der Waals surface area contributed by atoms with Gasteiger partial charge in [0.05, 0.1) is 6.54 Å². The van der Waals surface area contributed by atoms with Crippen LogP contribution in [0.1, 0.15) is 12.5 Å². The van der Waals surface area contributed by atoms with Crippen LogP contribution in [0.2, 0.25) is 0 Å². The monoisotopic (exact) mass is 317 g/mol. The lowest BCUT2D eigenvalue weighted by Crippen LogP contribution is -2.38. The molecule has 2 aromatic carbocycles. The highest BCUT2D eigenvalue weighted by Gasteiger charge is 2.14. The first-order valence-electron chi connectivity index (χ1n) is 7.44. The molecule has 0 unspecified atom stereocenters. The number of amides is 1. The van der Waals surface area contributed by atoms with Gasteiger partial charge in [-0.1, -0.05) is 12.1 Å². The van der Waals surface area contributed by atoms with Gasteiger partial charge in [0.2, 0.25) is 0 Å². The second-order valence-electron chi connectivity index (χ2n) is 5.17. The van der Waals surface area contributed by atoms with Crippen molar-refractivity contribution in [2.75, 3.05) is 13.2 Å². The normalized spacial score (nSPS) is 11.6. The Morgan fingerprint density at radius 3 is 2.61 bits per heavy atom. The Balaban J connectivity index is 1.70. The maximum atomic E-state index is 12.8. The largest absolute Gasteiger partial charge is 0.492 e. The molecule has 1 N–H and O–H groups in total. The van der Waals surface area contributed by atoms with Gasteiger partial charge in [0.15, 0.2) is 6.10 Å². The number of rotatable bonds is 7. The van der Waals surface area contributed by atoms with Crippen LogP contribution in [-0.2, 0) is 4.79 Å². The molecule has 0 radical (unpaired) electrons. The molecule has 0 saturated carbocycles. The maximum Gasteiger partial charge on any atom is 0.260 e. The summed E-state index contributed by atoms with van der Waals surface area (Å²) in [6, 6.07) is 13.3. The van der Waals surface area contributed by atoms with Crippen molar-refractivity contribution >= 4 is 5.91 Å². The Labute approximate surface area is 135 Å². The summed E-state index contributed by atoms with van der Waals surface area (Å²) in [6.07, 6.45) is -0.667. The highest BCUT2D eigenvalue weighted by Crippen LogP contribution is 2.13. The summed E-state index contributed by atoms with van der Waals surface area (Å²) in [5.74, 6) is 0.629. The lowest BCUT2D eigenvalue weighted by Gasteiger charge is -2.15. The summed E-state index contributed by atoms with van der Waals surface area (Å²) in [4.78, 5) is 11.9. The summed E-state index contributed by atoms with van der Waals surface area (Å²) in [5.41, 5.74) is 1.12. The summed E-state index contributed by atoms with van der Waals surface area (Å²) >= 11 is 0. The number of hydrogen-bond donors (Lipinski definition) is 1. The Bertz CT molecular complexity index is 643. The van der Waals surface area contributed by atoms with Gasteiger partial charge in [-0.05, 0) is 55.8 Å². The van der Waals surface area contributed by atoms with E-state index in [0.29, 0.717) is 18.9 Å². The molecule has 1 amide bonds. The molecule has 0 aliphatic heterocycles. The minimum Gasteiger partial charge on any atom is -0.492 e. The van der Waals surface area contributed by atoms with Crippen LogP contribution in [0.25, 0.3) is 0 Å². The fourth-order valence-corrected chi connectivity index (χ4v) is 1.96. The molecule has 0 aliphatic rings. The molecular formula is C18H20FNO3. The Morgan fingerprint density at radius 1 is 1.17 bits per heavy atom. The molecule has 0 bridgehead atoms. The second kappa shape index (κ2) is 8.17. The minimum atomic E-state index is -0.667. The molecule has 5 heteroatoms. The number of hydrogen-bond acceptors (Lipinski definition) is 3. The predicted octanol–water partition coefficient (Wildman–Crippen LogP) is 3.10. The zero-order chi connectivity index (χ0) is 16.7. The van der Waals surface area contributed by atoms with Crippen LogP contribution in [0.4, 0.5) is 4.39 Å². The second-order valence-corrected chi connectivity index (χ2v) is 5.17. The molecule has 0 heterocycles. The summed E-state index contributed by atoms with van der Waals surface area (Å²) < 4.78 is 23.8. The van der Waals surface area contributed by atoms with E-state index in [-0.39, 0.29) is 11.7 Å². The van der Waals surface area contributed by atoms with E-state index in [1.807, 2.05) is 31.2 Å². The van der Waals surface area contributed by atoms with Crippen molar-refractivity contribution in [3.05, 3.63) is 59.9 Å². The zero-order valence-corrected chi connectivity index (χ0v) is 13.2. The van der Waals surface area contributed by atoms with Crippen molar-refractivity contribution in [1.29, 1.82) is 0 Å². The average Bonchev–Trinajstić information content (AvgIpc) is 2.53. The van der Waals surface area contributed by atoms with Gasteiger partial charge in [-0.25, -0.2) is 4.39 Å². The van der Waals surface area contributed by atoms with Gasteiger partial charge in [0.1, 0.15) is 23.9 Å². The summed E-state index contributed by atoms with van der Waals surface area (Å²) in [6.45, 7) is 4.38. The molecule has 2 aromatic rings. The molecule has 2 rings (SSSR count). The van der Waals surface area contributed by atoms with Gasteiger partial charge in [-0.2, -0.15) is 0 Å². The van der Waals surface area contributed by atoms with E-state index < -0.39 is 6.10 Å². The smallest absolute Gasteiger partial charge is 0.260 e. The van der Waals surface area contributed by atoms with Gasteiger partial charge in [-0.15, -0.1) is 0 Å². The van der Waals surface area contributed by atoms with Gasteiger partial charge < -0.3 is 14.8 Å². The molecule has 0 aliphatic carbocycles. The first-order chi connectivity index (χ1) is 11.0. The first kappa shape index (κ1) is 16.8. The fourth-order valence-electron chi connectivity index (χ4n) is 1.96. The van der Waals surface area contributed by atoms with E-state index in [1.54, 1.807) is 6.92 Å². The third-order valence-corrected chi connectivity index (χ3v) is 3.16. The van der Waals surface area contributed by atoms with Crippen LogP contribution in [0.3, 0.4) is 0 Å². The molecule has 1 atom stereocenters. The van der Waals surface area contributed by atoms with Crippen LogP contribution in [0, 0.1) is 12.7 Å². The highest BCUT2D eigenvalue weighted by molar-refractivity contribution is 5.80. The standard InChI is InChI=1S/C18H20FNO3/c1-13-4-3-5-17(12-13)22-11-10-20-18(21)14(2)23-16-8-6-15(19)7-9-16/h3-9,12,14H,10-11H2,1-2H3,(H,20,21)/t14-/m1/s1. The fraction of sp³-hybridized carbons (Fsp3) is 0.278. The van der Waals surface area contributed by atoms with Crippen LogP contribution in [-0.4, -0.2) is 25.2 Å². The Hall–Kier alpha value is -2.56. The number of nitrogens with one attached hydrogen (secondary N) is 1. The van der Waals surface area contributed by atoms with Gasteiger partial charge in [0, 0.05) is 0 Å². The van der Waals surface area contributed by atoms with Crippen molar-refractivity contribution in [2.45, 2.75) is 20.0 Å². The predicted molar refractivity (Wildman–Crippen MR) is 86.2 cm³/mol. The molecule has 0 spiro atoms. The zero-order valence-electron chi connectivity index (χ0n) is 13.2. The van der Waals surface area contributed by atoms with Crippen LogP contribution < -0.4 is 14.8 Å². The quantitative estimate of drug-likeness (QED) is 0.798. The third-order valence-electron chi connectivity index (χ3n) is 3.16. The molecule has 4 nitrogen and oxygen atoms in total. The molecule has 0 saturated heterocycles. The molecule has 122 valence electrons. The van der Waals surface area contributed by atoms with E-state index in [0.717, 1.165) is 11.3 Å². The average molecular weight is 317 g/mol. The van der Waals surface area contributed by atoms with E-state index in [4.69, 9.17) is 9.47 Å². The van der Waals surface area contributed by atoms with Gasteiger partial charge in [-0.3, -0.25) is 4.79 Å². The van der Waals surface area contributed by atoms with Crippen molar-refractivity contribution in [1.82, 2.24) is 5.32 Å². The van der Waals surface area contributed by atoms with E-state index in [2.05, 4.69) is 5.32 Å². The number of carbonyl (C=O) groups excluding carboxylic acids is 1. The van der Waals surface area contributed by atoms with Crippen LogP contribution in [0.15, 0.2) is 48.5 Å². The third kappa shape index (κ3) is 5.62. The number of aryl methyl sites for hydroxylation is 1. The molecule has 23 heavy (non-hydrogen) atoms. The number of ether oxygens (including phenoxy) is 2. The lowest BCUT2D eigenvalue weighted by molar-refractivity contribution is -0.127. The van der Waals surface area contributed by atoms with E-state index >= 15 is 0 Å². The van der Waals surface area contributed by atoms with Gasteiger partial charge >= 0.3 is 0 Å². The van der Waals surface area contributed by atoms with Crippen LogP contribution >= 0.6 is 0 Å². The van der Waals surface area contributed by atoms with Crippen molar-refractivity contribution < 1.29 is 18.7 Å². The topological polar surface area (TPSA) is 47.6 Å². The SMILES string of the molecule is Cc1cccc(OCCNC(=O)[C@@H](C)Oc2ccc(F)cc2)c1. The van der Waals surface area contributed by atoms with Crippen molar-refractivity contribution in [2.24, 2.45) is 0 Å². The van der Waals surface area contributed by atoms with E-state index in [9.17, 15) is 9.18 Å². The Morgan fingerprint density at radius 2 is 1.91 bits per heavy atom. The highest BCUT2D eigenvalue weighted by atomic mass is 19.1. The summed E-state index contributed by atoms with van der Waals surface area (Å²) in [7, 11) is 0. The number of benzene rings is 2. The molecule has 0 aromatic heterocycles. The lowest BCUT2D eigenvalue weighted by atomic mass is 10.2. The molecular weight excluding hydrogens is 297 g/mol. The van der Waals surface area contributed by atoms with E-state index in [1.165, 1.54) is 24.3 Å². The number of halogens is 1. The minimum absolute atomic E-state index is 0.248. The van der Waals surface area contributed by atoms with Crippen molar-refractivity contribution in [3.8, 4) is 11.5 Å². The first-order valence-corrected chi connectivity index (χ1v) is 7.44. The van der Waals surface area contributed by atoms with Crippen molar-refractivity contribution in [3.63, 3.8) is 0 Å². The maximum absolute atomic E-state index is 12.8.